The van der Waals surface area contributed by atoms with Crippen LogP contribution in [0, 0.1) is 0 Å². The Morgan fingerprint density at radius 2 is 2.15 bits per heavy atom. The lowest BCUT2D eigenvalue weighted by atomic mass is 10.4. The molecule has 0 bridgehead atoms. The van der Waals surface area contributed by atoms with Crippen LogP contribution in [0.3, 0.4) is 0 Å². The summed E-state index contributed by atoms with van der Waals surface area (Å²) in [5, 5.41) is 11.4. The molecule has 1 saturated heterocycles. The van der Waals surface area contributed by atoms with Crippen molar-refractivity contribution >= 4 is 9.84 Å². The van der Waals surface area contributed by atoms with Crippen LogP contribution in [0.25, 0.3) is 0 Å². The van der Waals surface area contributed by atoms with Crippen LogP contribution in [0.15, 0.2) is 6.20 Å². The molecule has 0 saturated carbocycles. The highest BCUT2D eigenvalue weighted by molar-refractivity contribution is 7.91. The maximum absolute atomic E-state index is 11.5. The topological polar surface area (TPSA) is 80.1 Å². The van der Waals surface area contributed by atoms with Crippen molar-refractivity contribution in [2.45, 2.75) is 26.4 Å². The van der Waals surface area contributed by atoms with Crippen molar-refractivity contribution in [1.29, 1.82) is 0 Å². The van der Waals surface area contributed by atoms with E-state index in [0.717, 1.165) is 44.8 Å². The SMILES string of the molecule is CCNCc1cn(CCN2CCCS(=O)(=O)CC2)nn1. The van der Waals surface area contributed by atoms with E-state index in [1.54, 1.807) is 0 Å². The predicted octanol–water partition coefficient (Wildman–Crippen LogP) is -0.492. The van der Waals surface area contributed by atoms with Crippen LogP contribution < -0.4 is 5.32 Å². The fraction of sp³-hybridized carbons (Fsp3) is 0.833. The van der Waals surface area contributed by atoms with E-state index >= 15 is 0 Å². The molecule has 2 rings (SSSR count). The molecular weight excluding hydrogens is 278 g/mol. The second-order valence-corrected chi connectivity index (χ2v) is 7.40. The first-order chi connectivity index (χ1) is 9.59. The van der Waals surface area contributed by atoms with E-state index < -0.39 is 9.84 Å². The molecular formula is C12H23N5O2S. The summed E-state index contributed by atoms with van der Waals surface area (Å²) in [5.74, 6) is 0.593. The van der Waals surface area contributed by atoms with Crippen LogP contribution in [-0.2, 0) is 22.9 Å². The molecule has 0 aliphatic carbocycles. The Morgan fingerprint density at radius 3 is 2.95 bits per heavy atom. The molecule has 1 N–H and O–H groups in total. The van der Waals surface area contributed by atoms with Gasteiger partial charge in [0.05, 0.1) is 23.7 Å². The Hall–Kier alpha value is -0.990. The molecule has 20 heavy (non-hydrogen) atoms. The minimum absolute atomic E-state index is 0.274. The van der Waals surface area contributed by atoms with Gasteiger partial charge in [-0.3, -0.25) is 4.68 Å². The first-order valence-electron chi connectivity index (χ1n) is 7.11. The molecule has 2 heterocycles. The zero-order valence-corrected chi connectivity index (χ0v) is 12.8. The van der Waals surface area contributed by atoms with Gasteiger partial charge in [0.1, 0.15) is 0 Å². The third kappa shape index (κ3) is 4.84. The zero-order valence-electron chi connectivity index (χ0n) is 12.0. The highest BCUT2D eigenvalue weighted by Crippen LogP contribution is 2.05. The van der Waals surface area contributed by atoms with Gasteiger partial charge in [-0.1, -0.05) is 12.1 Å². The average molecular weight is 301 g/mol. The Balaban J connectivity index is 1.78. The van der Waals surface area contributed by atoms with Crippen molar-refractivity contribution in [3.63, 3.8) is 0 Å². The standard InChI is InChI=1S/C12H23N5O2S/c1-2-13-10-12-11-17(15-14-12)6-5-16-4-3-8-20(18,19)9-7-16/h11,13H,2-10H2,1H3. The molecule has 0 amide bonds. The second-order valence-electron chi connectivity index (χ2n) is 5.10. The van der Waals surface area contributed by atoms with Gasteiger partial charge in [-0.2, -0.15) is 0 Å². The van der Waals surface area contributed by atoms with Gasteiger partial charge in [-0.25, -0.2) is 8.42 Å². The molecule has 1 aromatic rings. The Morgan fingerprint density at radius 1 is 1.30 bits per heavy atom. The van der Waals surface area contributed by atoms with Gasteiger partial charge in [-0.05, 0) is 19.5 Å². The molecule has 0 atom stereocenters. The Kier molecular flexibility index (Phi) is 5.50. The van der Waals surface area contributed by atoms with Crippen LogP contribution in [0.5, 0.6) is 0 Å². The molecule has 1 aliphatic heterocycles. The fourth-order valence-corrected chi connectivity index (χ4v) is 3.55. The summed E-state index contributed by atoms with van der Waals surface area (Å²) in [6, 6.07) is 0. The summed E-state index contributed by atoms with van der Waals surface area (Å²) in [6.07, 6.45) is 2.67. The van der Waals surface area contributed by atoms with Gasteiger partial charge in [0, 0.05) is 25.8 Å². The van der Waals surface area contributed by atoms with E-state index in [2.05, 4.69) is 27.5 Å². The summed E-state index contributed by atoms with van der Waals surface area (Å²) >= 11 is 0. The summed E-state index contributed by atoms with van der Waals surface area (Å²) in [5.41, 5.74) is 0.935. The van der Waals surface area contributed by atoms with Crippen LogP contribution >= 0.6 is 0 Å². The number of rotatable bonds is 6. The van der Waals surface area contributed by atoms with Crippen LogP contribution in [0.2, 0.25) is 0 Å². The number of hydrogen-bond donors (Lipinski definition) is 1. The molecule has 0 unspecified atom stereocenters. The molecule has 114 valence electrons. The monoisotopic (exact) mass is 301 g/mol. The van der Waals surface area contributed by atoms with Gasteiger partial charge in [0.2, 0.25) is 0 Å². The molecule has 7 nitrogen and oxygen atoms in total. The van der Waals surface area contributed by atoms with E-state index in [1.807, 2.05) is 10.9 Å². The normalized spacial score (nSPS) is 19.9. The van der Waals surface area contributed by atoms with Crippen molar-refractivity contribution < 1.29 is 8.42 Å². The third-order valence-electron chi connectivity index (χ3n) is 3.44. The highest BCUT2D eigenvalue weighted by atomic mass is 32.2. The lowest BCUT2D eigenvalue weighted by Crippen LogP contribution is -2.30. The summed E-state index contributed by atoms with van der Waals surface area (Å²) in [7, 11) is -2.83. The van der Waals surface area contributed by atoms with Crippen molar-refractivity contribution in [2.75, 3.05) is 37.7 Å². The zero-order chi connectivity index (χ0) is 14.4. The molecule has 8 heteroatoms. The molecule has 0 spiro atoms. The lowest BCUT2D eigenvalue weighted by molar-refractivity contribution is 0.276. The largest absolute Gasteiger partial charge is 0.311 e. The van der Waals surface area contributed by atoms with E-state index in [1.165, 1.54) is 0 Å². The number of nitrogens with one attached hydrogen (secondary N) is 1. The molecule has 0 radical (unpaired) electrons. The second kappa shape index (κ2) is 7.14. The van der Waals surface area contributed by atoms with Crippen LogP contribution in [0.4, 0.5) is 0 Å². The minimum atomic E-state index is -2.83. The van der Waals surface area contributed by atoms with Gasteiger partial charge >= 0.3 is 0 Å². The van der Waals surface area contributed by atoms with Gasteiger partial charge in [0.15, 0.2) is 9.84 Å². The Bertz CT molecular complexity index is 514. The van der Waals surface area contributed by atoms with Gasteiger partial charge < -0.3 is 10.2 Å². The van der Waals surface area contributed by atoms with E-state index in [9.17, 15) is 8.42 Å². The minimum Gasteiger partial charge on any atom is -0.311 e. The summed E-state index contributed by atoms with van der Waals surface area (Å²) in [4.78, 5) is 2.19. The van der Waals surface area contributed by atoms with Crippen molar-refractivity contribution in [2.24, 2.45) is 0 Å². The number of aromatic nitrogens is 3. The van der Waals surface area contributed by atoms with Crippen LogP contribution in [0.1, 0.15) is 19.0 Å². The lowest BCUT2D eigenvalue weighted by Gasteiger charge is -2.18. The van der Waals surface area contributed by atoms with Crippen molar-refractivity contribution in [3.8, 4) is 0 Å². The fourth-order valence-electron chi connectivity index (χ4n) is 2.24. The Labute approximate surface area is 120 Å². The van der Waals surface area contributed by atoms with Crippen LogP contribution in [-0.4, -0.2) is 66.0 Å². The van der Waals surface area contributed by atoms with Crippen molar-refractivity contribution in [3.05, 3.63) is 11.9 Å². The summed E-state index contributed by atoms with van der Waals surface area (Å²) < 4.78 is 24.9. The first-order valence-corrected chi connectivity index (χ1v) is 8.94. The maximum Gasteiger partial charge on any atom is 0.151 e. The number of nitrogens with zero attached hydrogens (tertiary/aromatic N) is 4. The number of sulfone groups is 1. The van der Waals surface area contributed by atoms with E-state index in [4.69, 9.17) is 0 Å². The van der Waals surface area contributed by atoms with E-state index in [0.29, 0.717) is 12.3 Å². The van der Waals surface area contributed by atoms with Gasteiger partial charge in [-0.15, -0.1) is 5.10 Å². The first kappa shape index (κ1) is 15.4. The highest BCUT2D eigenvalue weighted by Gasteiger charge is 2.18. The molecule has 1 fully saturated rings. The molecule has 1 aromatic heterocycles. The van der Waals surface area contributed by atoms with Crippen molar-refractivity contribution in [1.82, 2.24) is 25.2 Å². The van der Waals surface area contributed by atoms with E-state index in [-0.39, 0.29) is 5.75 Å². The average Bonchev–Trinajstić information content (AvgIpc) is 2.79. The third-order valence-corrected chi connectivity index (χ3v) is 5.15. The smallest absolute Gasteiger partial charge is 0.151 e. The molecule has 0 aromatic carbocycles. The predicted molar refractivity (Wildman–Crippen MR) is 77.1 cm³/mol. The summed E-state index contributed by atoms with van der Waals surface area (Å²) in [6.45, 7) is 6.74. The quantitative estimate of drug-likeness (QED) is 0.763. The molecule has 1 aliphatic rings. The van der Waals surface area contributed by atoms with Gasteiger partial charge in [0.25, 0.3) is 0 Å². The maximum atomic E-state index is 11.5. The number of hydrogen-bond acceptors (Lipinski definition) is 6.